The molecule has 1 aromatic rings. The summed E-state index contributed by atoms with van der Waals surface area (Å²) in [5.74, 6) is 0.370. The number of methoxy groups -OCH3 is 1. The normalized spacial score (nSPS) is 10.3. The van der Waals surface area contributed by atoms with Gasteiger partial charge in [-0.1, -0.05) is 0 Å². The Hall–Kier alpha value is -1.21. The first-order valence-electron chi connectivity index (χ1n) is 5.06. The van der Waals surface area contributed by atoms with Crippen molar-refractivity contribution >= 4 is 27.4 Å². The minimum Gasteiger partial charge on any atom is -0.385 e. The molecule has 1 rings (SSSR count). The molecule has 0 aromatic carbocycles. The maximum atomic E-state index is 10.9. The lowest BCUT2D eigenvalue weighted by atomic mass is 10.3. The Labute approximate surface area is 108 Å². The van der Waals surface area contributed by atoms with Gasteiger partial charge in [-0.15, -0.1) is 0 Å². The molecule has 0 radical (unpaired) electrons. The minimum atomic E-state index is -0.431. The molecule has 0 atom stereocenters. The molecule has 0 saturated heterocycles. The lowest BCUT2D eigenvalue weighted by molar-refractivity contribution is -0.384. The van der Waals surface area contributed by atoms with Gasteiger partial charge in [0.2, 0.25) is 5.82 Å². The van der Waals surface area contributed by atoms with Gasteiger partial charge in [0.15, 0.2) is 0 Å². The van der Waals surface area contributed by atoms with E-state index in [9.17, 15) is 10.1 Å². The highest BCUT2D eigenvalue weighted by molar-refractivity contribution is 9.10. The van der Waals surface area contributed by atoms with Gasteiger partial charge in [0.25, 0.3) is 0 Å². The zero-order chi connectivity index (χ0) is 12.8. The van der Waals surface area contributed by atoms with Crippen LogP contribution in [0.3, 0.4) is 0 Å². The molecular weight excluding hydrogens is 290 g/mol. The second kappa shape index (κ2) is 6.51. The Kier molecular flexibility index (Phi) is 5.30. The summed E-state index contributed by atoms with van der Waals surface area (Å²) in [5, 5.41) is 10.9. The molecular formula is C10H14BrN3O3. The molecule has 7 heteroatoms. The second-order valence-electron chi connectivity index (χ2n) is 3.52. The Morgan fingerprint density at radius 2 is 2.35 bits per heavy atom. The predicted molar refractivity (Wildman–Crippen MR) is 68.4 cm³/mol. The largest absolute Gasteiger partial charge is 0.385 e. The third kappa shape index (κ3) is 3.94. The minimum absolute atomic E-state index is 0.000656. The molecule has 0 saturated carbocycles. The van der Waals surface area contributed by atoms with Crippen LogP contribution in [0.25, 0.3) is 0 Å². The molecule has 17 heavy (non-hydrogen) atoms. The van der Waals surface area contributed by atoms with E-state index in [4.69, 9.17) is 4.74 Å². The van der Waals surface area contributed by atoms with Crippen LogP contribution >= 0.6 is 15.9 Å². The number of anilines is 1. The summed E-state index contributed by atoms with van der Waals surface area (Å²) in [6, 6.07) is 1.45. The molecule has 0 amide bonds. The number of pyridine rings is 1. The average Bonchev–Trinajstić information content (AvgIpc) is 2.29. The third-order valence-electron chi connectivity index (χ3n) is 2.21. The first-order chi connectivity index (χ1) is 8.06. The number of aromatic nitrogens is 1. The van der Waals surface area contributed by atoms with Crippen LogP contribution in [0.2, 0.25) is 0 Å². The van der Waals surface area contributed by atoms with E-state index in [1.807, 2.05) is 0 Å². The van der Waals surface area contributed by atoms with Crippen LogP contribution in [0.4, 0.5) is 11.5 Å². The summed E-state index contributed by atoms with van der Waals surface area (Å²) in [7, 11) is 3.40. The van der Waals surface area contributed by atoms with Gasteiger partial charge < -0.3 is 9.64 Å². The van der Waals surface area contributed by atoms with E-state index in [0.29, 0.717) is 23.4 Å². The molecule has 1 aromatic heterocycles. The molecule has 0 spiro atoms. The van der Waals surface area contributed by atoms with E-state index in [0.717, 1.165) is 6.42 Å². The number of hydrogen-bond acceptors (Lipinski definition) is 5. The highest BCUT2D eigenvalue weighted by atomic mass is 79.9. The molecule has 0 bridgehead atoms. The number of halogens is 1. The lowest BCUT2D eigenvalue weighted by Crippen LogP contribution is -2.21. The molecule has 0 aliphatic carbocycles. The fourth-order valence-corrected chi connectivity index (χ4v) is 1.72. The van der Waals surface area contributed by atoms with Crippen molar-refractivity contribution < 1.29 is 9.66 Å². The van der Waals surface area contributed by atoms with Crippen LogP contribution in [0.5, 0.6) is 0 Å². The van der Waals surface area contributed by atoms with Gasteiger partial charge in [0.05, 0.1) is 4.92 Å². The maximum absolute atomic E-state index is 10.9. The molecule has 0 aliphatic rings. The van der Waals surface area contributed by atoms with Gasteiger partial charge in [0.1, 0.15) is 0 Å². The summed E-state index contributed by atoms with van der Waals surface area (Å²) >= 11 is 3.17. The molecule has 1 heterocycles. The van der Waals surface area contributed by atoms with E-state index in [-0.39, 0.29) is 5.69 Å². The fraction of sp³-hybridized carbons (Fsp3) is 0.500. The lowest BCUT2D eigenvalue weighted by Gasteiger charge is -2.17. The number of nitro groups is 1. The van der Waals surface area contributed by atoms with E-state index in [1.165, 1.54) is 6.07 Å². The summed E-state index contributed by atoms with van der Waals surface area (Å²) in [5.41, 5.74) is -0.000656. The van der Waals surface area contributed by atoms with E-state index in [1.54, 1.807) is 25.3 Å². The Morgan fingerprint density at radius 1 is 1.65 bits per heavy atom. The average molecular weight is 304 g/mol. The Bertz CT molecular complexity index is 400. The smallest absolute Gasteiger partial charge is 0.312 e. The van der Waals surface area contributed by atoms with Crippen LogP contribution in [0.15, 0.2) is 16.7 Å². The van der Waals surface area contributed by atoms with Crippen LogP contribution in [-0.2, 0) is 4.74 Å². The second-order valence-corrected chi connectivity index (χ2v) is 4.44. The number of hydrogen-bond donors (Lipinski definition) is 0. The van der Waals surface area contributed by atoms with Crippen LogP contribution in [-0.4, -0.2) is 37.2 Å². The van der Waals surface area contributed by atoms with Crippen molar-refractivity contribution in [2.24, 2.45) is 0 Å². The highest BCUT2D eigenvalue weighted by Crippen LogP contribution is 2.27. The molecule has 6 nitrogen and oxygen atoms in total. The number of ether oxygens (including phenoxy) is 1. The quantitative estimate of drug-likeness (QED) is 0.458. The zero-order valence-corrected chi connectivity index (χ0v) is 11.3. The van der Waals surface area contributed by atoms with Crippen molar-refractivity contribution in [3.8, 4) is 0 Å². The summed E-state index contributed by atoms with van der Waals surface area (Å²) in [6.07, 6.45) is 2.34. The SMILES string of the molecule is COCCCN(C)c1ncc(Br)cc1[N+](=O)[O-]. The van der Waals surface area contributed by atoms with Crippen molar-refractivity contribution in [2.75, 3.05) is 32.2 Å². The zero-order valence-electron chi connectivity index (χ0n) is 9.72. The van der Waals surface area contributed by atoms with Gasteiger partial charge in [-0.25, -0.2) is 4.98 Å². The monoisotopic (exact) mass is 303 g/mol. The number of nitrogens with zero attached hydrogens (tertiary/aromatic N) is 3. The summed E-state index contributed by atoms with van der Waals surface area (Å²) < 4.78 is 5.53. The third-order valence-corrected chi connectivity index (χ3v) is 2.65. The molecule has 0 aliphatic heterocycles. The van der Waals surface area contributed by atoms with Crippen molar-refractivity contribution in [2.45, 2.75) is 6.42 Å². The van der Waals surface area contributed by atoms with Gasteiger partial charge in [-0.05, 0) is 22.4 Å². The van der Waals surface area contributed by atoms with Crippen molar-refractivity contribution in [3.63, 3.8) is 0 Å². The van der Waals surface area contributed by atoms with Crippen molar-refractivity contribution in [3.05, 3.63) is 26.9 Å². The summed E-state index contributed by atoms with van der Waals surface area (Å²) in [4.78, 5) is 16.3. The van der Waals surface area contributed by atoms with Gasteiger partial charge in [0, 0.05) is 44.0 Å². The Morgan fingerprint density at radius 3 is 2.94 bits per heavy atom. The van der Waals surface area contributed by atoms with Crippen LogP contribution in [0, 0.1) is 10.1 Å². The molecule has 0 N–H and O–H groups in total. The molecule has 0 unspecified atom stereocenters. The van der Waals surface area contributed by atoms with Crippen molar-refractivity contribution in [1.82, 2.24) is 4.98 Å². The van der Waals surface area contributed by atoms with Gasteiger partial charge in [-0.2, -0.15) is 0 Å². The van der Waals surface area contributed by atoms with Crippen LogP contribution < -0.4 is 4.90 Å². The van der Waals surface area contributed by atoms with Crippen molar-refractivity contribution in [1.29, 1.82) is 0 Å². The van der Waals surface area contributed by atoms with E-state index in [2.05, 4.69) is 20.9 Å². The highest BCUT2D eigenvalue weighted by Gasteiger charge is 2.18. The van der Waals surface area contributed by atoms with E-state index < -0.39 is 4.92 Å². The van der Waals surface area contributed by atoms with Gasteiger partial charge >= 0.3 is 5.69 Å². The van der Waals surface area contributed by atoms with Crippen LogP contribution in [0.1, 0.15) is 6.42 Å². The summed E-state index contributed by atoms with van der Waals surface area (Å²) in [6.45, 7) is 1.28. The first kappa shape index (κ1) is 13.9. The molecule has 94 valence electrons. The topological polar surface area (TPSA) is 68.5 Å². The maximum Gasteiger partial charge on any atom is 0.312 e. The van der Waals surface area contributed by atoms with E-state index >= 15 is 0 Å². The standard InChI is InChI=1S/C10H14BrN3O3/c1-13(4-3-5-17-2)10-9(14(15)16)6-8(11)7-12-10/h6-7H,3-5H2,1-2H3. The Balaban J connectivity index is 2.84. The predicted octanol–water partition coefficient (Wildman–Crippen LogP) is 2.22. The fourth-order valence-electron chi connectivity index (χ4n) is 1.40. The first-order valence-corrected chi connectivity index (χ1v) is 5.85. The van der Waals surface area contributed by atoms with Gasteiger partial charge in [-0.3, -0.25) is 10.1 Å². The molecule has 0 fully saturated rings. The number of rotatable bonds is 6.